The Morgan fingerprint density at radius 3 is 3.10 bits per heavy atom. The molecule has 2 N–H and O–H groups in total. The second-order valence-corrected chi connectivity index (χ2v) is 6.04. The number of anilines is 2. The minimum atomic E-state index is -0.219. The number of nitrogens with one attached hydrogen (secondary N) is 2. The number of amides is 1. The van der Waals surface area contributed by atoms with E-state index in [2.05, 4.69) is 31.5 Å². The third-order valence-corrected chi connectivity index (χ3v) is 3.95. The number of thiazole rings is 1. The summed E-state index contributed by atoms with van der Waals surface area (Å²) in [5.74, 6) is -0.219. The van der Waals surface area contributed by atoms with Crippen molar-refractivity contribution in [2.75, 3.05) is 30.9 Å². The average molecular weight is 370 g/mol. The Morgan fingerprint density at radius 1 is 1.48 bits per heavy atom. The van der Waals surface area contributed by atoms with Gasteiger partial charge in [0.15, 0.2) is 5.69 Å². The SMILES string of the molecule is COCCCNc1scnc1C(=O)Nc1cccc(Br)c1. The van der Waals surface area contributed by atoms with Gasteiger partial charge in [0.1, 0.15) is 5.00 Å². The molecule has 0 unspecified atom stereocenters. The third-order valence-electron chi connectivity index (χ3n) is 2.68. The van der Waals surface area contributed by atoms with Crippen LogP contribution in [-0.2, 0) is 4.74 Å². The van der Waals surface area contributed by atoms with Crippen molar-refractivity contribution in [2.45, 2.75) is 6.42 Å². The van der Waals surface area contributed by atoms with Gasteiger partial charge in [-0.25, -0.2) is 4.98 Å². The predicted molar refractivity (Wildman–Crippen MR) is 89.2 cm³/mol. The molecule has 7 heteroatoms. The Hall–Kier alpha value is -1.44. The van der Waals surface area contributed by atoms with E-state index in [1.54, 1.807) is 12.6 Å². The highest BCUT2D eigenvalue weighted by Crippen LogP contribution is 2.22. The molecular formula is C14H16BrN3O2S. The molecule has 1 aromatic heterocycles. The van der Waals surface area contributed by atoms with Crippen LogP contribution in [0.3, 0.4) is 0 Å². The first kappa shape index (κ1) is 15.9. The molecule has 112 valence electrons. The number of nitrogens with zero attached hydrogens (tertiary/aromatic N) is 1. The van der Waals surface area contributed by atoms with Crippen LogP contribution < -0.4 is 10.6 Å². The Balaban J connectivity index is 1.98. The molecule has 21 heavy (non-hydrogen) atoms. The molecule has 0 bridgehead atoms. The fraction of sp³-hybridized carbons (Fsp3) is 0.286. The van der Waals surface area contributed by atoms with E-state index >= 15 is 0 Å². The fourth-order valence-corrected chi connectivity index (χ4v) is 2.81. The summed E-state index contributed by atoms with van der Waals surface area (Å²) in [7, 11) is 1.67. The van der Waals surface area contributed by atoms with Crippen molar-refractivity contribution < 1.29 is 9.53 Å². The fourth-order valence-electron chi connectivity index (χ4n) is 1.71. The van der Waals surface area contributed by atoms with E-state index in [-0.39, 0.29) is 5.91 Å². The minimum Gasteiger partial charge on any atom is -0.385 e. The second-order valence-electron chi connectivity index (χ2n) is 4.27. The number of methoxy groups -OCH3 is 1. The largest absolute Gasteiger partial charge is 0.385 e. The molecule has 1 heterocycles. The molecule has 0 aliphatic rings. The van der Waals surface area contributed by atoms with E-state index in [4.69, 9.17) is 4.74 Å². The summed E-state index contributed by atoms with van der Waals surface area (Å²) in [6.07, 6.45) is 0.876. The number of hydrogen-bond donors (Lipinski definition) is 2. The predicted octanol–water partition coefficient (Wildman–Crippen LogP) is 3.61. The molecule has 2 aromatic rings. The van der Waals surface area contributed by atoms with Gasteiger partial charge < -0.3 is 15.4 Å². The molecule has 0 fully saturated rings. The summed E-state index contributed by atoms with van der Waals surface area (Å²) in [6.45, 7) is 1.43. The topological polar surface area (TPSA) is 63.2 Å². The lowest BCUT2D eigenvalue weighted by Gasteiger charge is -2.07. The summed E-state index contributed by atoms with van der Waals surface area (Å²) in [5.41, 5.74) is 2.80. The summed E-state index contributed by atoms with van der Waals surface area (Å²) < 4.78 is 5.91. The number of hydrogen-bond acceptors (Lipinski definition) is 5. The van der Waals surface area contributed by atoms with E-state index in [1.165, 1.54) is 11.3 Å². The number of rotatable bonds is 7. The van der Waals surface area contributed by atoms with E-state index < -0.39 is 0 Å². The number of ether oxygens (including phenoxy) is 1. The lowest BCUT2D eigenvalue weighted by atomic mass is 10.3. The maximum absolute atomic E-state index is 12.2. The first-order chi connectivity index (χ1) is 10.2. The Bertz CT molecular complexity index is 603. The van der Waals surface area contributed by atoms with Gasteiger partial charge in [-0.1, -0.05) is 22.0 Å². The Morgan fingerprint density at radius 2 is 2.33 bits per heavy atom. The van der Waals surface area contributed by atoms with Crippen LogP contribution in [0.5, 0.6) is 0 Å². The van der Waals surface area contributed by atoms with Gasteiger partial charge >= 0.3 is 0 Å². The molecule has 1 amide bonds. The van der Waals surface area contributed by atoms with Crippen LogP contribution in [0.25, 0.3) is 0 Å². The van der Waals surface area contributed by atoms with Crippen molar-refractivity contribution in [1.82, 2.24) is 4.98 Å². The van der Waals surface area contributed by atoms with Gasteiger partial charge in [-0.15, -0.1) is 11.3 Å². The third kappa shape index (κ3) is 4.80. The maximum Gasteiger partial charge on any atom is 0.277 e. The van der Waals surface area contributed by atoms with Crippen LogP contribution in [0.4, 0.5) is 10.7 Å². The van der Waals surface area contributed by atoms with Crippen LogP contribution in [0, 0.1) is 0 Å². The zero-order chi connectivity index (χ0) is 15.1. The number of benzene rings is 1. The highest BCUT2D eigenvalue weighted by Gasteiger charge is 2.14. The van der Waals surface area contributed by atoms with Gasteiger partial charge in [0.05, 0.1) is 5.51 Å². The smallest absolute Gasteiger partial charge is 0.277 e. The molecule has 1 aromatic carbocycles. The van der Waals surface area contributed by atoms with Gasteiger partial charge in [-0.2, -0.15) is 0 Å². The van der Waals surface area contributed by atoms with E-state index in [0.29, 0.717) is 12.3 Å². The van der Waals surface area contributed by atoms with Gasteiger partial charge in [-0.05, 0) is 24.6 Å². The summed E-state index contributed by atoms with van der Waals surface area (Å²) in [4.78, 5) is 16.4. The number of aromatic nitrogens is 1. The van der Waals surface area contributed by atoms with Gasteiger partial charge in [-0.3, -0.25) is 4.79 Å². The zero-order valence-electron chi connectivity index (χ0n) is 11.6. The average Bonchev–Trinajstić information content (AvgIpc) is 2.92. The van der Waals surface area contributed by atoms with Crippen molar-refractivity contribution in [1.29, 1.82) is 0 Å². The lowest BCUT2D eigenvalue weighted by Crippen LogP contribution is -2.15. The molecule has 0 aliphatic heterocycles. The highest BCUT2D eigenvalue weighted by atomic mass is 79.9. The quantitative estimate of drug-likeness (QED) is 0.731. The first-order valence-corrected chi connectivity index (χ1v) is 8.11. The normalized spacial score (nSPS) is 10.4. The molecule has 2 rings (SSSR count). The van der Waals surface area contributed by atoms with Gasteiger partial charge in [0.25, 0.3) is 5.91 Å². The van der Waals surface area contributed by atoms with Crippen molar-refractivity contribution >= 4 is 43.9 Å². The van der Waals surface area contributed by atoms with E-state index in [0.717, 1.165) is 28.1 Å². The highest BCUT2D eigenvalue weighted by molar-refractivity contribution is 9.10. The zero-order valence-corrected chi connectivity index (χ0v) is 14.0. The van der Waals surface area contributed by atoms with Crippen LogP contribution in [0.15, 0.2) is 34.2 Å². The van der Waals surface area contributed by atoms with Gasteiger partial charge in [0, 0.05) is 30.4 Å². The van der Waals surface area contributed by atoms with Crippen molar-refractivity contribution in [3.63, 3.8) is 0 Å². The van der Waals surface area contributed by atoms with Crippen molar-refractivity contribution in [3.8, 4) is 0 Å². The number of carbonyl (C=O) groups is 1. The van der Waals surface area contributed by atoms with E-state index in [1.807, 2.05) is 24.3 Å². The number of carbonyl (C=O) groups excluding carboxylic acids is 1. The minimum absolute atomic E-state index is 0.219. The molecule has 5 nitrogen and oxygen atoms in total. The molecule has 0 saturated heterocycles. The van der Waals surface area contributed by atoms with Crippen LogP contribution in [0.1, 0.15) is 16.9 Å². The molecule has 0 saturated carbocycles. The molecule has 0 aliphatic carbocycles. The van der Waals surface area contributed by atoms with Crippen LogP contribution >= 0.6 is 27.3 Å². The molecule has 0 spiro atoms. The second kappa shape index (κ2) is 8.11. The standard InChI is InChI=1S/C14H16BrN3O2S/c1-20-7-3-6-16-14-12(17-9-21-14)13(19)18-11-5-2-4-10(15)8-11/h2,4-5,8-9,16H,3,6-7H2,1H3,(H,18,19). The maximum atomic E-state index is 12.2. The Kier molecular flexibility index (Phi) is 6.16. The molecule has 0 radical (unpaired) electrons. The van der Waals surface area contributed by atoms with Crippen molar-refractivity contribution in [2.24, 2.45) is 0 Å². The first-order valence-electron chi connectivity index (χ1n) is 6.44. The molecule has 0 atom stereocenters. The lowest BCUT2D eigenvalue weighted by molar-refractivity contribution is 0.102. The summed E-state index contributed by atoms with van der Waals surface area (Å²) >= 11 is 4.79. The van der Waals surface area contributed by atoms with Gasteiger partial charge in [0.2, 0.25) is 0 Å². The van der Waals surface area contributed by atoms with Crippen LogP contribution in [-0.4, -0.2) is 31.2 Å². The Labute approximate surface area is 135 Å². The van der Waals surface area contributed by atoms with Crippen LogP contribution in [0.2, 0.25) is 0 Å². The van der Waals surface area contributed by atoms with E-state index in [9.17, 15) is 4.79 Å². The molecular weight excluding hydrogens is 354 g/mol. The number of halogens is 1. The summed E-state index contributed by atoms with van der Waals surface area (Å²) in [6, 6.07) is 7.45. The monoisotopic (exact) mass is 369 g/mol. The van der Waals surface area contributed by atoms with Crippen molar-refractivity contribution in [3.05, 3.63) is 39.9 Å². The summed E-state index contributed by atoms with van der Waals surface area (Å²) in [5, 5.41) is 6.83.